The van der Waals surface area contributed by atoms with Gasteiger partial charge in [-0.2, -0.15) is 16.4 Å². The fourth-order valence-electron chi connectivity index (χ4n) is 2.75. The third-order valence-corrected chi connectivity index (χ3v) is 4.42. The summed E-state index contributed by atoms with van der Waals surface area (Å²) in [5, 5.41) is 8.32. The van der Waals surface area contributed by atoms with E-state index in [1.54, 1.807) is 11.3 Å². The van der Waals surface area contributed by atoms with Crippen molar-refractivity contribution in [2.24, 2.45) is 7.05 Å². The highest BCUT2D eigenvalue weighted by Crippen LogP contribution is 2.29. The zero-order chi connectivity index (χ0) is 14.8. The van der Waals surface area contributed by atoms with Gasteiger partial charge in [0.05, 0.1) is 24.4 Å². The first kappa shape index (κ1) is 14.3. The Kier molecular flexibility index (Phi) is 4.07. The Balaban J connectivity index is 1.84. The largest absolute Gasteiger partial charge is 0.381 e. The number of rotatable bonds is 4. The second-order valence-corrected chi connectivity index (χ2v) is 6.04. The Bertz CT molecular complexity index is 621. The van der Waals surface area contributed by atoms with E-state index in [2.05, 4.69) is 5.10 Å². The number of aryl methyl sites for hydroxylation is 1. The van der Waals surface area contributed by atoms with Gasteiger partial charge in [0.1, 0.15) is 0 Å². The van der Waals surface area contributed by atoms with E-state index in [4.69, 9.17) is 4.74 Å². The Morgan fingerprint density at radius 3 is 3.14 bits per heavy atom. The molecule has 2 aromatic heterocycles. The van der Waals surface area contributed by atoms with Crippen LogP contribution >= 0.6 is 11.3 Å². The predicted molar refractivity (Wildman–Crippen MR) is 81.5 cm³/mol. The Hall–Kier alpha value is -1.66. The van der Waals surface area contributed by atoms with E-state index < -0.39 is 0 Å². The van der Waals surface area contributed by atoms with E-state index in [9.17, 15) is 4.79 Å². The maximum absolute atomic E-state index is 12.6. The summed E-state index contributed by atoms with van der Waals surface area (Å²) in [5.41, 5.74) is 2.95. The van der Waals surface area contributed by atoms with Gasteiger partial charge in [-0.1, -0.05) is 0 Å². The fourth-order valence-corrected chi connectivity index (χ4v) is 3.38. The fraction of sp³-hybridized carbons (Fsp3) is 0.467. The number of carbonyl (C=O) groups is 1. The van der Waals surface area contributed by atoms with E-state index in [1.165, 1.54) is 5.56 Å². The van der Waals surface area contributed by atoms with Crippen molar-refractivity contribution in [1.29, 1.82) is 0 Å². The van der Waals surface area contributed by atoms with Gasteiger partial charge in [-0.15, -0.1) is 0 Å². The van der Waals surface area contributed by atoms with Crippen molar-refractivity contribution in [3.63, 3.8) is 0 Å². The summed E-state index contributed by atoms with van der Waals surface area (Å²) >= 11 is 1.54. The molecular weight excluding hydrogens is 286 g/mol. The smallest absolute Gasteiger partial charge is 0.255 e. The van der Waals surface area contributed by atoms with Crippen molar-refractivity contribution >= 4 is 17.2 Å². The first-order valence-electron chi connectivity index (χ1n) is 7.10. The second kappa shape index (κ2) is 5.99. The lowest BCUT2D eigenvalue weighted by Crippen LogP contribution is -2.39. The van der Waals surface area contributed by atoms with Gasteiger partial charge in [-0.3, -0.25) is 9.48 Å². The van der Waals surface area contributed by atoms with Crippen LogP contribution in [0.3, 0.4) is 0 Å². The lowest BCUT2D eigenvalue weighted by atomic mass is 9.95. The number of ether oxygens (including phenoxy) is 1. The molecule has 1 aliphatic heterocycles. The number of carbonyl (C=O) groups excluding carboxylic acids is 1. The molecular formula is C15H19N3O2S. The van der Waals surface area contributed by atoms with Crippen LogP contribution in [0.1, 0.15) is 34.5 Å². The third-order valence-electron chi connectivity index (χ3n) is 3.74. The van der Waals surface area contributed by atoms with E-state index in [0.29, 0.717) is 26.3 Å². The summed E-state index contributed by atoms with van der Waals surface area (Å²) in [6.45, 7) is 4.56. The number of thiophene rings is 1. The SMILES string of the molecule is CCOC[C@H]1CN(C(=O)c2ccsc2)Cc2nn(C)cc21. The Labute approximate surface area is 128 Å². The average Bonchev–Trinajstić information content (AvgIpc) is 3.11. The first-order chi connectivity index (χ1) is 10.2. The van der Waals surface area contributed by atoms with Gasteiger partial charge in [0.25, 0.3) is 5.91 Å². The van der Waals surface area contributed by atoms with Gasteiger partial charge in [0.15, 0.2) is 0 Å². The lowest BCUT2D eigenvalue weighted by Gasteiger charge is -2.31. The standard InChI is InChI=1S/C15H19N3O2S/c1-3-20-9-12-6-18(15(19)11-4-5-21-10-11)8-14-13(12)7-17(2)16-14/h4-5,7,10,12H,3,6,8-9H2,1-2H3/t12-/m1/s1. The molecule has 21 heavy (non-hydrogen) atoms. The summed E-state index contributed by atoms with van der Waals surface area (Å²) in [6, 6.07) is 1.87. The molecule has 3 rings (SSSR count). The minimum absolute atomic E-state index is 0.0778. The van der Waals surface area contributed by atoms with Crippen molar-refractivity contribution in [3.05, 3.63) is 39.8 Å². The summed E-state index contributed by atoms with van der Waals surface area (Å²) in [5.74, 6) is 0.277. The average molecular weight is 305 g/mol. The summed E-state index contributed by atoms with van der Waals surface area (Å²) in [4.78, 5) is 14.4. The molecule has 0 aromatic carbocycles. The molecule has 5 nitrogen and oxygen atoms in total. The van der Waals surface area contributed by atoms with E-state index in [-0.39, 0.29) is 11.8 Å². The van der Waals surface area contributed by atoms with Crippen molar-refractivity contribution < 1.29 is 9.53 Å². The van der Waals surface area contributed by atoms with Crippen LogP contribution in [-0.2, 0) is 18.3 Å². The highest BCUT2D eigenvalue weighted by Gasteiger charge is 2.31. The number of fused-ring (bicyclic) bond motifs is 1. The highest BCUT2D eigenvalue weighted by atomic mass is 32.1. The molecule has 0 fully saturated rings. The molecule has 0 saturated carbocycles. The molecule has 0 saturated heterocycles. The van der Waals surface area contributed by atoms with E-state index in [1.807, 2.05) is 46.6 Å². The molecule has 1 atom stereocenters. The summed E-state index contributed by atoms with van der Waals surface area (Å²) in [6.07, 6.45) is 2.05. The molecule has 1 amide bonds. The van der Waals surface area contributed by atoms with Crippen molar-refractivity contribution in [2.75, 3.05) is 19.8 Å². The minimum Gasteiger partial charge on any atom is -0.381 e. The minimum atomic E-state index is 0.0778. The van der Waals surface area contributed by atoms with Crippen LogP contribution in [0.15, 0.2) is 23.0 Å². The van der Waals surface area contributed by atoms with Gasteiger partial charge in [0, 0.05) is 43.3 Å². The molecule has 0 radical (unpaired) electrons. The van der Waals surface area contributed by atoms with Crippen LogP contribution in [-0.4, -0.2) is 40.3 Å². The Morgan fingerprint density at radius 1 is 1.57 bits per heavy atom. The van der Waals surface area contributed by atoms with Crippen LogP contribution in [0.4, 0.5) is 0 Å². The second-order valence-electron chi connectivity index (χ2n) is 5.26. The first-order valence-corrected chi connectivity index (χ1v) is 8.05. The molecule has 2 aromatic rings. The predicted octanol–water partition coefficient (Wildman–Crippen LogP) is 2.26. The van der Waals surface area contributed by atoms with E-state index >= 15 is 0 Å². The van der Waals surface area contributed by atoms with Crippen LogP contribution in [0.5, 0.6) is 0 Å². The number of hydrogen-bond acceptors (Lipinski definition) is 4. The Morgan fingerprint density at radius 2 is 2.43 bits per heavy atom. The maximum Gasteiger partial charge on any atom is 0.255 e. The molecule has 3 heterocycles. The normalized spacial score (nSPS) is 17.8. The highest BCUT2D eigenvalue weighted by molar-refractivity contribution is 7.08. The quantitative estimate of drug-likeness (QED) is 0.870. The maximum atomic E-state index is 12.6. The van der Waals surface area contributed by atoms with Gasteiger partial charge in [-0.05, 0) is 18.4 Å². The molecule has 0 spiro atoms. The van der Waals surface area contributed by atoms with Gasteiger partial charge in [-0.25, -0.2) is 0 Å². The number of nitrogens with zero attached hydrogens (tertiary/aromatic N) is 3. The molecule has 0 bridgehead atoms. The van der Waals surface area contributed by atoms with Gasteiger partial charge in [0.2, 0.25) is 0 Å². The monoisotopic (exact) mass is 305 g/mol. The van der Waals surface area contributed by atoms with E-state index in [0.717, 1.165) is 11.3 Å². The van der Waals surface area contributed by atoms with Crippen LogP contribution in [0.2, 0.25) is 0 Å². The number of amides is 1. The molecule has 112 valence electrons. The van der Waals surface area contributed by atoms with Gasteiger partial charge >= 0.3 is 0 Å². The number of aromatic nitrogens is 2. The molecule has 0 unspecified atom stereocenters. The van der Waals surface area contributed by atoms with Gasteiger partial charge < -0.3 is 9.64 Å². The third kappa shape index (κ3) is 2.87. The molecule has 0 aliphatic carbocycles. The topological polar surface area (TPSA) is 47.4 Å². The van der Waals surface area contributed by atoms with Crippen LogP contribution in [0.25, 0.3) is 0 Å². The van der Waals surface area contributed by atoms with Crippen molar-refractivity contribution in [2.45, 2.75) is 19.4 Å². The van der Waals surface area contributed by atoms with Crippen molar-refractivity contribution in [3.8, 4) is 0 Å². The number of hydrogen-bond donors (Lipinski definition) is 0. The molecule has 0 N–H and O–H groups in total. The van der Waals surface area contributed by atoms with Crippen LogP contribution < -0.4 is 0 Å². The van der Waals surface area contributed by atoms with Crippen LogP contribution in [0, 0.1) is 0 Å². The lowest BCUT2D eigenvalue weighted by molar-refractivity contribution is 0.0652. The van der Waals surface area contributed by atoms with Crippen molar-refractivity contribution in [1.82, 2.24) is 14.7 Å². The zero-order valence-electron chi connectivity index (χ0n) is 12.3. The molecule has 6 heteroatoms. The zero-order valence-corrected chi connectivity index (χ0v) is 13.1. The molecule has 1 aliphatic rings. The summed E-state index contributed by atoms with van der Waals surface area (Å²) < 4.78 is 7.41. The summed E-state index contributed by atoms with van der Waals surface area (Å²) in [7, 11) is 1.92.